The first-order valence-electron chi connectivity index (χ1n) is 9.52. The van der Waals surface area contributed by atoms with Gasteiger partial charge in [-0.15, -0.1) is 0 Å². The molecule has 160 valence electrons. The average Bonchev–Trinajstić information content (AvgIpc) is 3.12. The SMILES string of the molecule is CSCCC(N)C(=O)N1CCCC1C(=O)NC(CC(C)C)C(=O)NCC(=O)O. The van der Waals surface area contributed by atoms with Crippen LogP contribution in [-0.2, 0) is 19.2 Å². The van der Waals surface area contributed by atoms with Crippen molar-refractivity contribution in [1.29, 1.82) is 0 Å². The summed E-state index contributed by atoms with van der Waals surface area (Å²) in [4.78, 5) is 49.9. The van der Waals surface area contributed by atoms with Crippen molar-refractivity contribution >= 4 is 35.5 Å². The topological polar surface area (TPSA) is 142 Å². The fraction of sp³-hybridized carbons (Fsp3) is 0.778. The number of likely N-dealkylation sites (tertiary alicyclic amines) is 1. The van der Waals surface area contributed by atoms with E-state index in [-0.39, 0.29) is 11.8 Å². The number of rotatable bonds is 11. The lowest BCUT2D eigenvalue weighted by Crippen LogP contribution is -2.55. The molecule has 3 unspecified atom stereocenters. The van der Waals surface area contributed by atoms with Crippen molar-refractivity contribution in [2.24, 2.45) is 11.7 Å². The number of amides is 3. The summed E-state index contributed by atoms with van der Waals surface area (Å²) in [6.45, 7) is 3.76. The van der Waals surface area contributed by atoms with Gasteiger partial charge in [0.15, 0.2) is 0 Å². The molecule has 0 saturated carbocycles. The fourth-order valence-electron chi connectivity index (χ4n) is 3.14. The number of nitrogens with two attached hydrogens (primary N) is 1. The summed E-state index contributed by atoms with van der Waals surface area (Å²) in [5, 5.41) is 13.7. The van der Waals surface area contributed by atoms with Gasteiger partial charge in [-0.05, 0) is 43.6 Å². The zero-order valence-electron chi connectivity index (χ0n) is 16.8. The van der Waals surface area contributed by atoms with E-state index in [9.17, 15) is 19.2 Å². The van der Waals surface area contributed by atoms with Gasteiger partial charge in [-0.3, -0.25) is 19.2 Å². The van der Waals surface area contributed by atoms with Gasteiger partial charge in [0.1, 0.15) is 18.6 Å². The van der Waals surface area contributed by atoms with Crippen molar-refractivity contribution in [2.75, 3.05) is 25.1 Å². The molecule has 3 atom stereocenters. The molecule has 1 heterocycles. The number of carbonyl (C=O) groups excluding carboxylic acids is 3. The van der Waals surface area contributed by atoms with Gasteiger partial charge >= 0.3 is 5.97 Å². The van der Waals surface area contributed by atoms with Gasteiger partial charge in [0.2, 0.25) is 17.7 Å². The summed E-state index contributed by atoms with van der Waals surface area (Å²) >= 11 is 1.60. The number of nitrogens with one attached hydrogen (secondary N) is 2. The Hall–Kier alpha value is -1.81. The Morgan fingerprint density at radius 2 is 1.96 bits per heavy atom. The Morgan fingerprint density at radius 3 is 2.54 bits per heavy atom. The fourth-order valence-corrected chi connectivity index (χ4v) is 3.63. The number of aliphatic carboxylic acids is 1. The highest BCUT2D eigenvalue weighted by Gasteiger charge is 2.37. The number of carboxylic acids is 1. The molecule has 0 aliphatic carbocycles. The van der Waals surface area contributed by atoms with E-state index in [0.717, 1.165) is 5.75 Å². The number of nitrogens with zero attached hydrogens (tertiary/aromatic N) is 1. The lowest BCUT2D eigenvalue weighted by Gasteiger charge is -2.28. The highest BCUT2D eigenvalue weighted by molar-refractivity contribution is 7.98. The predicted octanol–water partition coefficient (Wildman–Crippen LogP) is -0.210. The first-order chi connectivity index (χ1) is 13.2. The zero-order chi connectivity index (χ0) is 21.3. The van der Waals surface area contributed by atoms with Gasteiger partial charge in [-0.25, -0.2) is 0 Å². The van der Waals surface area contributed by atoms with E-state index in [1.54, 1.807) is 11.8 Å². The quantitative estimate of drug-likeness (QED) is 0.365. The standard InChI is InChI=1S/C18H32N4O5S/c1-11(2)9-13(16(25)20-10-15(23)24)21-17(26)14-5-4-7-22(14)18(27)12(19)6-8-28-3/h11-14H,4-10,19H2,1-3H3,(H,20,25)(H,21,26)(H,23,24). The molecule has 1 fully saturated rings. The Balaban J connectivity index is 2.77. The highest BCUT2D eigenvalue weighted by Crippen LogP contribution is 2.20. The Bertz CT molecular complexity index is 572. The van der Waals surface area contributed by atoms with Crippen LogP contribution in [0.3, 0.4) is 0 Å². The molecule has 0 radical (unpaired) electrons. The van der Waals surface area contributed by atoms with E-state index < -0.39 is 42.5 Å². The van der Waals surface area contributed by atoms with Crippen molar-refractivity contribution in [3.8, 4) is 0 Å². The molecule has 0 aromatic rings. The first kappa shape index (κ1) is 24.2. The van der Waals surface area contributed by atoms with Crippen LogP contribution in [0.2, 0.25) is 0 Å². The second kappa shape index (κ2) is 11.9. The molecule has 0 bridgehead atoms. The van der Waals surface area contributed by atoms with Gasteiger partial charge in [0.25, 0.3) is 0 Å². The summed E-state index contributed by atoms with van der Waals surface area (Å²) in [5.41, 5.74) is 5.97. The normalized spacial score (nSPS) is 18.6. The summed E-state index contributed by atoms with van der Waals surface area (Å²) in [7, 11) is 0. The van der Waals surface area contributed by atoms with Crippen LogP contribution in [0.4, 0.5) is 0 Å². The number of hydrogen-bond acceptors (Lipinski definition) is 6. The molecule has 1 saturated heterocycles. The maximum Gasteiger partial charge on any atom is 0.322 e. The molecule has 1 aliphatic heterocycles. The molecule has 10 heteroatoms. The predicted molar refractivity (Wildman–Crippen MR) is 108 cm³/mol. The average molecular weight is 417 g/mol. The monoisotopic (exact) mass is 416 g/mol. The van der Waals surface area contributed by atoms with Crippen LogP contribution in [0, 0.1) is 5.92 Å². The first-order valence-corrected chi connectivity index (χ1v) is 10.9. The number of thioether (sulfide) groups is 1. The van der Waals surface area contributed by atoms with Crippen LogP contribution < -0.4 is 16.4 Å². The zero-order valence-corrected chi connectivity index (χ0v) is 17.6. The largest absolute Gasteiger partial charge is 0.480 e. The van der Waals surface area contributed by atoms with Crippen LogP contribution >= 0.6 is 11.8 Å². The van der Waals surface area contributed by atoms with Gasteiger partial charge < -0.3 is 26.4 Å². The van der Waals surface area contributed by atoms with Gasteiger partial charge in [0.05, 0.1) is 6.04 Å². The summed E-state index contributed by atoms with van der Waals surface area (Å²) < 4.78 is 0. The second-order valence-corrected chi connectivity index (χ2v) is 8.37. The minimum absolute atomic E-state index is 0.113. The molecule has 0 aromatic heterocycles. The van der Waals surface area contributed by atoms with Crippen LogP contribution in [0.15, 0.2) is 0 Å². The summed E-state index contributed by atoms with van der Waals surface area (Å²) in [5.74, 6) is -1.48. The van der Waals surface area contributed by atoms with E-state index in [0.29, 0.717) is 32.2 Å². The molecule has 28 heavy (non-hydrogen) atoms. The molecule has 3 amide bonds. The smallest absolute Gasteiger partial charge is 0.322 e. The lowest BCUT2D eigenvalue weighted by molar-refractivity contribution is -0.141. The van der Waals surface area contributed by atoms with Crippen molar-refractivity contribution in [3.05, 3.63) is 0 Å². The van der Waals surface area contributed by atoms with Gasteiger partial charge in [-0.1, -0.05) is 13.8 Å². The Labute approximate surface area is 170 Å². The van der Waals surface area contributed by atoms with E-state index in [1.165, 1.54) is 4.90 Å². The van der Waals surface area contributed by atoms with Crippen LogP contribution in [-0.4, -0.2) is 76.9 Å². The van der Waals surface area contributed by atoms with Crippen molar-refractivity contribution < 1.29 is 24.3 Å². The summed E-state index contributed by atoms with van der Waals surface area (Å²) in [6, 6.07) is -2.16. The molecular formula is C18H32N4O5S. The van der Waals surface area contributed by atoms with Crippen molar-refractivity contribution in [3.63, 3.8) is 0 Å². The van der Waals surface area contributed by atoms with Crippen LogP contribution in [0.1, 0.15) is 39.5 Å². The molecular weight excluding hydrogens is 384 g/mol. The third-order valence-electron chi connectivity index (χ3n) is 4.54. The van der Waals surface area contributed by atoms with E-state index in [4.69, 9.17) is 10.8 Å². The van der Waals surface area contributed by atoms with Crippen molar-refractivity contribution in [2.45, 2.75) is 57.7 Å². The molecule has 9 nitrogen and oxygen atoms in total. The third-order valence-corrected chi connectivity index (χ3v) is 5.19. The van der Waals surface area contributed by atoms with Gasteiger partial charge in [-0.2, -0.15) is 11.8 Å². The summed E-state index contributed by atoms with van der Waals surface area (Å²) in [6.07, 6.45) is 4.05. The Kier molecular flexibility index (Phi) is 10.3. The van der Waals surface area contributed by atoms with Crippen LogP contribution in [0.5, 0.6) is 0 Å². The minimum atomic E-state index is -1.16. The molecule has 0 spiro atoms. The van der Waals surface area contributed by atoms with E-state index in [2.05, 4.69) is 10.6 Å². The van der Waals surface area contributed by atoms with E-state index >= 15 is 0 Å². The minimum Gasteiger partial charge on any atom is -0.480 e. The second-order valence-electron chi connectivity index (χ2n) is 7.38. The maximum absolute atomic E-state index is 12.8. The van der Waals surface area contributed by atoms with Crippen molar-refractivity contribution in [1.82, 2.24) is 15.5 Å². The molecule has 1 rings (SSSR count). The lowest BCUT2D eigenvalue weighted by atomic mass is 10.0. The van der Waals surface area contributed by atoms with Gasteiger partial charge in [0, 0.05) is 6.54 Å². The third kappa shape index (κ3) is 7.67. The Morgan fingerprint density at radius 1 is 1.29 bits per heavy atom. The molecule has 1 aliphatic rings. The number of hydrogen-bond donors (Lipinski definition) is 4. The molecule has 0 aromatic carbocycles. The highest BCUT2D eigenvalue weighted by atomic mass is 32.2. The number of carbonyl (C=O) groups is 4. The van der Waals surface area contributed by atoms with E-state index in [1.807, 2.05) is 20.1 Å². The maximum atomic E-state index is 12.8. The molecule has 5 N–H and O–H groups in total. The van der Waals surface area contributed by atoms with Crippen LogP contribution in [0.25, 0.3) is 0 Å². The number of carboxylic acid groups (broad SMARTS) is 1.